The molecule has 2 aromatic rings. The molecule has 2 amide bonds. The summed E-state index contributed by atoms with van der Waals surface area (Å²) in [5.41, 5.74) is 1.18. The molecule has 1 fully saturated rings. The molecule has 1 aliphatic heterocycles. The molecule has 1 aromatic heterocycles. The van der Waals surface area contributed by atoms with Crippen LogP contribution in [0.4, 0.5) is 10.5 Å². The number of hydrogen-bond acceptors (Lipinski definition) is 4. The van der Waals surface area contributed by atoms with Crippen molar-refractivity contribution in [3.05, 3.63) is 54.4 Å². The molecule has 0 saturated carbocycles. The van der Waals surface area contributed by atoms with Crippen molar-refractivity contribution in [3.63, 3.8) is 0 Å². The molecule has 8 heteroatoms. The van der Waals surface area contributed by atoms with Gasteiger partial charge in [0.05, 0.1) is 16.6 Å². The fourth-order valence-electron chi connectivity index (χ4n) is 3.24. The Morgan fingerprint density at radius 2 is 1.82 bits per heavy atom. The van der Waals surface area contributed by atoms with Crippen LogP contribution in [0.1, 0.15) is 44.3 Å². The van der Waals surface area contributed by atoms with Gasteiger partial charge in [0.1, 0.15) is 0 Å². The lowest BCUT2D eigenvalue weighted by molar-refractivity contribution is 0.249. The van der Waals surface area contributed by atoms with Crippen molar-refractivity contribution in [1.82, 2.24) is 14.6 Å². The van der Waals surface area contributed by atoms with Gasteiger partial charge in [0.15, 0.2) is 0 Å². The van der Waals surface area contributed by atoms with Gasteiger partial charge in [-0.1, -0.05) is 25.0 Å². The fourth-order valence-corrected chi connectivity index (χ4v) is 4.80. The largest absolute Gasteiger partial charge is 0.330 e. The second kappa shape index (κ2) is 9.16. The summed E-state index contributed by atoms with van der Waals surface area (Å²) in [4.78, 5) is 16.7. The first-order chi connectivity index (χ1) is 13.5. The standard InChI is InChI=1S/C20H26N4O3S/c1-16(19-11-4-5-12-21-19)22-20(25)23-17-9-8-10-18(15-17)28(26,27)24-13-6-2-3-7-14-24/h4-5,8-12,15-16H,2-3,6-7,13-14H2,1H3,(H2,22,23,25). The van der Waals surface area contributed by atoms with Gasteiger partial charge in [-0.15, -0.1) is 0 Å². The summed E-state index contributed by atoms with van der Waals surface area (Å²) in [6.07, 6.45) is 5.54. The molecule has 1 unspecified atom stereocenters. The van der Waals surface area contributed by atoms with Crippen molar-refractivity contribution in [2.75, 3.05) is 18.4 Å². The predicted molar refractivity (Wildman–Crippen MR) is 108 cm³/mol. The van der Waals surface area contributed by atoms with E-state index in [1.54, 1.807) is 28.7 Å². The number of aromatic nitrogens is 1. The molecule has 2 heterocycles. The minimum absolute atomic E-state index is 0.199. The third-order valence-corrected chi connectivity index (χ3v) is 6.67. The summed E-state index contributed by atoms with van der Waals surface area (Å²) in [7, 11) is -3.56. The molecule has 28 heavy (non-hydrogen) atoms. The molecule has 1 aromatic carbocycles. The second-order valence-corrected chi connectivity index (χ2v) is 8.86. The average Bonchev–Trinajstić information content (AvgIpc) is 2.99. The minimum Gasteiger partial charge on any atom is -0.330 e. The lowest BCUT2D eigenvalue weighted by Crippen LogP contribution is -2.32. The van der Waals surface area contributed by atoms with Crippen molar-refractivity contribution in [1.29, 1.82) is 0 Å². The first-order valence-corrected chi connectivity index (χ1v) is 11.0. The maximum atomic E-state index is 12.9. The Bertz CT molecular complexity index is 895. The minimum atomic E-state index is -3.56. The fraction of sp³-hybridized carbons (Fsp3) is 0.400. The number of nitrogens with one attached hydrogen (secondary N) is 2. The SMILES string of the molecule is CC(NC(=O)Nc1cccc(S(=O)(=O)N2CCCCCC2)c1)c1ccccn1. The van der Waals surface area contributed by atoms with Crippen LogP contribution >= 0.6 is 0 Å². The molecule has 150 valence electrons. The Morgan fingerprint density at radius 3 is 2.50 bits per heavy atom. The van der Waals surface area contributed by atoms with Gasteiger partial charge in [-0.3, -0.25) is 4.98 Å². The van der Waals surface area contributed by atoms with E-state index in [1.807, 2.05) is 25.1 Å². The molecule has 3 rings (SSSR count). The van der Waals surface area contributed by atoms with Gasteiger partial charge in [0.2, 0.25) is 10.0 Å². The Balaban J connectivity index is 1.68. The topological polar surface area (TPSA) is 91.4 Å². The monoisotopic (exact) mass is 402 g/mol. The number of rotatable bonds is 5. The highest BCUT2D eigenvalue weighted by Gasteiger charge is 2.25. The van der Waals surface area contributed by atoms with Crippen molar-refractivity contribution < 1.29 is 13.2 Å². The van der Waals surface area contributed by atoms with Crippen molar-refractivity contribution in [2.45, 2.75) is 43.5 Å². The Labute approximate surface area is 166 Å². The Kier molecular flexibility index (Phi) is 6.64. The summed E-state index contributed by atoms with van der Waals surface area (Å²) in [6, 6.07) is 11.2. The van der Waals surface area contributed by atoms with E-state index in [-0.39, 0.29) is 10.9 Å². The number of carbonyl (C=O) groups excluding carboxylic acids is 1. The van der Waals surface area contributed by atoms with Crippen LogP contribution in [0.25, 0.3) is 0 Å². The van der Waals surface area contributed by atoms with E-state index in [0.29, 0.717) is 18.8 Å². The van der Waals surface area contributed by atoms with E-state index in [1.165, 1.54) is 6.07 Å². The van der Waals surface area contributed by atoms with Crippen LogP contribution < -0.4 is 10.6 Å². The van der Waals surface area contributed by atoms with E-state index < -0.39 is 16.1 Å². The van der Waals surface area contributed by atoms with E-state index in [2.05, 4.69) is 15.6 Å². The second-order valence-electron chi connectivity index (χ2n) is 6.92. The van der Waals surface area contributed by atoms with Gasteiger partial charge < -0.3 is 10.6 Å². The quantitative estimate of drug-likeness (QED) is 0.800. The highest BCUT2D eigenvalue weighted by molar-refractivity contribution is 7.89. The predicted octanol–water partition coefficient (Wildman–Crippen LogP) is 3.53. The summed E-state index contributed by atoms with van der Waals surface area (Å²) >= 11 is 0. The molecule has 1 atom stereocenters. The molecule has 1 aliphatic rings. The summed E-state index contributed by atoms with van der Waals surface area (Å²) in [5, 5.41) is 5.51. The molecule has 0 spiro atoms. The third kappa shape index (κ3) is 5.08. The highest BCUT2D eigenvalue weighted by atomic mass is 32.2. The number of sulfonamides is 1. The molecule has 1 saturated heterocycles. The zero-order chi connectivity index (χ0) is 20.0. The van der Waals surface area contributed by atoms with Gasteiger partial charge in [0.25, 0.3) is 0 Å². The average molecular weight is 403 g/mol. The summed E-state index contributed by atoms with van der Waals surface area (Å²) in [6.45, 7) is 2.92. The van der Waals surface area contributed by atoms with Crippen LogP contribution in [-0.4, -0.2) is 36.8 Å². The zero-order valence-electron chi connectivity index (χ0n) is 16.0. The smallest absolute Gasteiger partial charge is 0.319 e. The third-order valence-electron chi connectivity index (χ3n) is 4.77. The number of carbonyl (C=O) groups is 1. The van der Waals surface area contributed by atoms with Gasteiger partial charge in [0, 0.05) is 25.0 Å². The van der Waals surface area contributed by atoms with Crippen molar-refractivity contribution >= 4 is 21.7 Å². The normalized spacial score (nSPS) is 16.8. The number of nitrogens with zero attached hydrogens (tertiary/aromatic N) is 2. The van der Waals surface area contributed by atoms with Crippen LogP contribution in [0.3, 0.4) is 0 Å². The Morgan fingerprint density at radius 1 is 1.07 bits per heavy atom. The number of benzene rings is 1. The molecule has 0 aliphatic carbocycles. The van der Waals surface area contributed by atoms with Crippen molar-refractivity contribution in [2.24, 2.45) is 0 Å². The first kappa shape index (κ1) is 20.3. The van der Waals surface area contributed by atoms with E-state index in [9.17, 15) is 13.2 Å². The van der Waals surface area contributed by atoms with E-state index in [4.69, 9.17) is 0 Å². The van der Waals surface area contributed by atoms with Crippen LogP contribution in [-0.2, 0) is 10.0 Å². The van der Waals surface area contributed by atoms with Crippen LogP contribution in [0.5, 0.6) is 0 Å². The summed E-state index contributed by atoms with van der Waals surface area (Å²) < 4.78 is 27.4. The van der Waals surface area contributed by atoms with E-state index in [0.717, 1.165) is 31.4 Å². The molecular weight excluding hydrogens is 376 g/mol. The molecule has 2 N–H and O–H groups in total. The van der Waals surface area contributed by atoms with Gasteiger partial charge in [-0.2, -0.15) is 4.31 Å². The first-order valence-electron chi connectivity index (χ1n) is 9.55. The van der Waals surface area contributed by atoms with Crippen LogP contribution in [0.2, 0.25) is 0 Å². The van der Waals surface area contributed by atoms with Crippen LogP contribution in [0, 0.1) is 0 Å². The lowest BCUT2D eigenvalue weighted by atomic mass is 10.2. The van der Waals surface area contributed by atoms with E-state index >= 15 is 0 Å². The Hall–Kier alpha value is -2.45. The molecule has 0 bridgehead atoms. The molecule has 7 nitrogen and oxygen atoms in total. The van der Waals surface area contributed by atoms with Gasteiger partial charge in [-0.25, -0.2) is 13.2 Å². The van der Waals surface area contributed by atoms with Crippen molar-refractivity contribution in [3.8, 4) is 0 Å². The molecular formula is C20H26N4O3S. The van der Waals surface area contributed by atoms with Gasteiger partial charge >= 0.3 is 6.03 Å². The maximum Gasteiger partial charge on any atom is 0.319 e. The van der Waals surface area contributed by atoms with Crippen LogP contribution in [0.15, 0.2) is 53.6 Å². The lowest BCUT2D eigenvalue weighted by Gasteiger charge is -2.20. The zero-order valence-corrected chi connectivity index (χ0v) is 16.8. The number of hydrogen-bond donors (Lipinski definition) is 2. The number of pyridine rings is 1. The summed E-state index contributed by atoms with van der Waals surface area (Å²) in [5.74, 6) is 0. The number of urea groups is 1. The highest BCUT2D eigenvalue weighted by Crippen LogP contribution is 2.22. The number of anilines is 1. The maximum absolute atomic E-state index is 12.9. The molecule has 0 radical (unpaired) electrons. The van der Waals surface area contributed by atoms with Gasteiger partial charge in [-0.05, 0) is 50.1 Å². The number of amides is 2.